The molecule has 1 amide bonds. The van der Waals surface area contributed by atoms with Crippen molar-refractivity contribution in [2.75, 3.05) is 31.1 Å². The summed E-state index contributed by atoms with van der Waals surface area (Å²) in [5.41, 5.74) is 0.654. The van der Waals surface area contributed by atoms with E-state index < -0.39 is 6.04 Å². The van der Waals surface area contributed by atoms with E-state index in [9.17, 15) is 9.59 Å². The van der Waals surface area contributed by atoms with Crippen molar-refractivity contribution in [3.05, 3.63) is 53.2 Å². The minimum atomic E-state index is -0.629. The number of nitrogens with zero attached hydrogens (tertiary/aromatic N) is 9. The van der Waals surface area contributed by atoms with Gasteiger partial charge in [0.25, 0.3) is 5.56 Å². The summed E-state index contributed by atoms with van der Waals surface area (Å²) in [6.07, 6.45) is 6.72. The predicted octanol–water partition coefficient (Wildman–Crippen LogP) is 0.401. The summed E-state index contributed by atoms with van der Waals surface area (Å²) < 4.78 is 2.91. The molecule has 11 nitrogen and oxygen atoms in total. The van der Waals surface area contributed by atoms with Crippen LogP contribution in [0.25, 0.3) is 5.82 Å². The highest BCUT2D eigenvalue weighted by atomic mass is 16.2. The first-order valence-electron chi connectivity index (χ1n) is 10.4. The number of hydrogen-bond donors (Lipinski definition) is 0. The molecule has 31 heavy (non-hydrogen) atoms. The Balaban J connectivity index is 1.25. The van der Waals surface area contributed by atoms with Crippen molar-refractivity contribution in [2.45, 2.75) is 31.7 Å². The number of amides is 1. The maximum Gasteiger partial charge on any atom is 0.267 e. The molecule has 1 aliphatic heterocycles. The van der Waals surface area contributed by atoms with E-state index in [2.05, 4.69) is 30.0 Å². The number of anilines is 1. The van der Waals surface area contributed by atoms with Crippen molar-refractivity contribution >= 4 is 11.7 Å². The van der Waals surface area contributed by atoms with Gasteiger partial charge in [0, 0.05) is 44.2 Å². The lowest BCUT2D eigenvalue weighted by molar-refractivity contribution is -0.135. The third-order valence-corrected chi connectivity index (χ3v) is 5.77. The Labute approximate surface area is 178 Å². The third kappa shape index (κ3) is 3.90. The molecule has 5 rings (SSSR count). The number of carbonyl (C=O) groups is 1. The van der Waals surface area contributed by atoms with Crippen LogP contribution in [-0.2, 0) is 4.79 Å². The smallest absolute Gasteiger partial charge is 0.267 e. The average Bonchev–Trinajstić information content (AvgIpc) is 3.52. The molecule has 1 saturated carbocycles. The average molecular weight is 421 g/mol. The van der Waals surface area contributed by atoms with Gasteiger partial charge in [-0.25, -0.2) is 24.3 Å². The standard InChI is InChI=1S/C20H23N9O2/c1-14(29-19(30)5-4-16(25-29)15-2-3-15)20(31)27-8-6-26(7-9-27)17-10-18(23-12-22-17)28-13-21-11-24-28/h4-5,10-15H,2-3,6-9H2,1H3. The number of carbonyl (C=O) groups excluding carboxylic acids is 1. The maximum atomic E-state index is 13.1. The molecule has 0 aromatic carbocycles. The number of hydrogen-bond acceptors (Lipinski definition) is 8. The van der Waals surface area contributed by atoms with Crippen molar-refractivity contribution < 1.29 is 4.79 Å². The fourth-order valence-corrected chi connectivity index (χ4v) is 3.80. The molecule has 1 unspecified atom stereocenters. The molecule has 0 N–H and O–H groups in total. The van der Waals surface area contributed by atoms with E-state index in [4.69, 9.17) is 0 Å². The van der Waals surface area contributed by atoms with Gasteiger partial charge >= 0.3 is 0 Å². The molecule has 3 aromatic heterocycles. The van der Waals surface area contributed by atoms with E-state index in [1.54, 1.807) is 28.9 Å². The monoisotopic (exact) mass is 421 g/mol. The van der Waals surface area contributed by atoms with Gasteiger partial charge in [-0.05, 0) is 25.8 Å². The fraction of sp³-hybridized carbons (Fsp3) is 0.450. The number of aromatic nitrogens is 7. The SMILES string of the molecule is CC(C(=O)N1CCN(c2cc(-n3cncn3)ncn2)CC1)n1nc(C2CC2)ccc1=O. The van der Waals surface area contributed by atoms with E-state index in [0.717, 1.165) is 24.4 Å². The first kappa shape index (κ1) is 19.3. The molecule has 11 heteroatoms. The molecule has 2 aliphatic rings. The summed E-state index contributed by atoms with van der Waals surface area (Å²) in [6, 6.07) is 4.52. The highest BCUT2D eigenvalue weighted by Gasteiger charge is 2.30. The summed E-state index contributed by atoms with van der Waals surface area (Å²) in [7, 11) is 0. The second-order valence-electron chi connectivity index (χ2n) is 7.88. The lowest BCUT2D eigenvalue weighted by Gasteiger charge is -2.36. The molecule has 3 aromatic rings. The van der Waals surface area contributed by atoms with Crippen LogP contribution in [0.2, 0.25) is 0 Å². The van der Waals surface area contributed by atoms with Crippen LogP contribution in [0.15, 0.2) is 42.0 Å². The van der Waals surface area contributed by atoms with E-state index in [1.807, 2.05) is 6.07 Å². The largest absolute Gasteiger partial charge is 0.353 e. The van der Waals surface area contributed by atoms with E-state index in [-0.39, 0.29) is 11.5 Å². The summed E-state index contributed by atoms with van der Waals surface area (Å²) >= 11 is 0. The molecule has 160 valence electrons. The first-order valence-corrected chi connectivity index (χ1v) is 10.4. The Hall–Kier alpha value is -3.63. The van der Waals surface area contributed by atoms with Gasteiger partial charge in [-0.15, -0.1) is 0 Å². The zero-order valence-corrected chi connectivity index (χ0v) is 17.2. The number of piperazine rings is 1. The van der Waals surface area contributed by atoms with Crippen LogP contribution in [0.4, 0.5) is 5.82 Å². The first-order chi connectivity index (χ1) is 15.1. The van der Waals surface area contributed by atoms with Gasteiger partial charge in [-0.2, -0.15) is 10.2 Å². The molecule has 1 saturated heterocycles. The van der Waals surface area contributed by atoms with Crippen LogP contribution in [0.5, 0.6) is 0 Å². The van der Waals surface area contributed by atoms with Crippen molar-refractivity contribution in [3.8, 4) is 5.82 Å². The summed E-state index contributed by atoms with van der Waals surface area (Å²) in [6.45, 7) is 4.10. The molecule has 0 radical (unpaired) electrons. The summed E-state index contributed by atoms with van der Waals surface area (Å²) in [4.78, 5) is 41.8. The van der Waals surface area contributed by atoms with Crippen molar-refractivity contribution in [1.82, 2.24) is 39.4 Å². The minimum absolute atomic E-state index is 0.0896. The van der Waals surface area contributed by atoms with Gasteiger partial charge in [0.15, 0.2) is 5.82 Å². The van der Waals surface area contributed by atoms with E-state index >= 15 is 0 Å². The van der Waals surface area contributed by atoms with Crippen LogP contribution < -0.4 is 10.5 Å². The minimum Gasteiger partial charge on any atom is -0.353 e. The molecule has 0 spiro atoms. The van der Waals surface area contributed by atoms with Gasteiger partial charge in [-0.3, -0.25) is 9.59 Å². The molecule has 0 bridgehead atoms. The van der Waals surface area contributed by atoms with Crippen molar-refractivity contribution in [2.24, 2.45) is 0 Å². The van der Waals surface area contributed by atoms with Crippen LogP contribution in [0.1, 0.15) is 37.4 Å². The predicted molar refractivity (Wildman–Crippen MR) is 111 cm³/mol. The molecular formula is C20H23N9O2. The van der Waals surface area contributed by atoms with Crippen LogP contribution in [0, 0.1) is 0 Å². The Morgan fingerprint density at radius 2 is 1.84 bits per heavy atom. The second-order valence-corrected chi connectivity index (χ2v) is 7.88. The van der Waals surface area contributed by atoms with Crippen LogP contribution in [-0.4, -0.2) is 71.5 Å². The van der Waals surface area contributed by atoms with Gasteiger partial charge in [0.1, 0.15) is 30.8 Å². The van der Waals surface area contributed by atoms with Crippen LogP contribution >= 0.6 is 0 Å². The fourth-order valence-electron chi connectivity index (χ4n) is 3.80. The lowest BCUT2D eigenvalue weighted by Crippen LogP contribution is -2.51. The van der Waals surface area contributed by atoms with Gasteiger partial charge < -0.3 is 9.80 Å². The molecule has 1 atom stereocenters. The van der Waals surface area contributed by atoms with Crippen LogP contribution in [0.3, 0.4) is 0 Å². The van der Waals surface area contributed by atoms with Crippen molar-refractivity contribution in [1.29, 1.82) is 0 Å². The second kappa shape index (κ2) is 7.89. The number of rotatable bonds is 5. The quantitative estimate of drug-likeness (QED) is 0.582. The Morgan fingerprint density at radius 1 is 1.06 bits per heavy atom. The Kier molecular flexibility index (Phi) is 4.92. The topological polar surface area (TPSA) is 115 Å². The maximum absolute atomic E-state index is 13.1. The summed E-state index contributed by atoms with van der Waals surface area (Å²) in [5.74, 6) is 1.74. The molecule has 2 fully saturated rings. The highest BCUT2D eigenvalue weighted by Crippen LogP contribution is 2.38. The molecular weight excluding hydrogens is 398 g/mol. The van der Waals surface area contributed by atoms with Gasteiger partial charge in [-0.1, -0.05) is 0 Å². The van der Waals surface area contributed by atoms with Crippen molar-refractivity contribution in [3.63, 3.8) is 0 Å². The van der Waals surface area contributed by atoms with Gasteiger partial charge in [0.2, 0.25) is 5.91 Å². The zero-order valence-electron chi connectivity index (χ0n) is 17.2. The third-order valence-electron chi connectivity index (χ3n) is 5.77. The Morgan fingerprint density at radius 3 is 2.55 bits per heavy atom. The highest BCUT2D eigenvalue weighted by molar-refractivity contribution is 5.80. The lowest BCUT2D eigenvalue weighted by atomic mass is 10.2. The summed E-state index contributed by atoms with van der Waals surface area (Å²) in [5, 5.41) is 8.56. The van der Waals surface area contributed by atoms with Gasteiger partial charge in [0.05, 0.1) is 5.69 Å². The van der Waals surface area contributed by atoms with E-state index in [1.165, 1.54) is 23.4 Å². The van der Waals surface area contributed by atoms with E-state index in [0.29, 0.717) is 37.9 Å². The normalized spacial score (nSPS) is 17.6. The molecule has 1 aliphatic carbocycles. The Bertz CT molecular complexity index is 1130. The zero-order chi connectivity index (χ0) is 21.4. The molecule has 4 heterocycles.